The van der Waals surface area contributed by atoms with Crippen LogP contribution in [0, 0.1) is 25.8 Å². The summed E-state index contributed by atoms with van der Waals surface area (Å²) in [6.45, 7) is 3.86. The number of carbonyl (C=O) groups is 1. The number of ether oxygens (including phenoxy) is 1. The lowest BCUT2D eigenvalue weighted by Crippen LogP contribution is -2.06. The van der Waals surface area contributed by atoms with Gasteiger partial charge >= 0.3 is 0 Å². The van der Waals surface area contributed by atoms with Crippen molar-refractivity contribution >= 4 is 5.78 Å². The van der Waals surface area contributed by atoms with E-state index in [4.69, 9.17) is 4.74 Å². The van der Waals surface area contributed by atoms with Crippen LogP contribution in [0.2, 0.25) is 0 Å². The summed E-state index contributed by atoms with van der Waals surface area (Å²) in [5, 5.41) is 0. The molecular weight excluding hydrogens is 214 g/mol. The molecule has 0 saturated heterocycles. The van der Waals surface area contributed by atoms with Gasteiger partial charge in [-0.1, -0.05) is 6.07 Å². The smallest absolute Gasteiger partial charge is 0.241 e. The van der Waals surface area contributed by atoms with E-state index in [9.17, 15) is 4.79 Å². The molecular formula is C14H17NO2. The van der Waals surface area contributed by atoms with Crippen molar-refractivity contribution in [3.05, 3.63) is 28.8 Å². The van der Waals surface area contributed by atoms with Gasteiger partial charge in [0.2, 0.25) is 5.78 Å². The first kappa shape index (κ1) is 13.1. The predicted octanol–water partition coefficient (Wildman–Crippen LogP) is 2.02. The van der Waals surface area contributed by atoms with Crippen LogP contribution in [0.4, 0.5) is 0 Å². The van der Waals surface area contributed by atoms with Crippen LogP contribution in [0.15, 0.2) is 12.1 Å². The molecule has 17 heavy (non-hydrogen) atoms. The van der Waals surface area contributed by atoms with Crippen LogP contribution in [-0.4, -0.2) is 31.9 Å². The molecule has 0 saturated carbocycles. The summed E-state index contributed by atoms with van der Waals surface area (Å²) in [7, 11) is 5.14. The van der Waals surface area contributed by atoms with Crippen molar-refractivity contribution in [2.45, 2.75) is 13.8 Å². The van der Waals surface area contributed by atoms with Gasteiger partial charge in [-0.15, -0.1) is 0 Å². The maximum atomic E-state index is 12.0. The molecule has 1 aromatic carbocycles. The average molecular weight is 231 g/mol. The van der Waals surface area contributed by atoms with Crippen molar-refractivity contribution in [2.24, 2.45) is 0 Å². The minimum Gasteiger partial charge on any atom is -0.496 e. The zero-order valence-corrected chi connectivity index (χ0v) is 10.9. The molecule has 0 amide bonds. The van der Waals surface area contributed by atoms with Gasteiger partial charge in [0.05, 0.1) is 12.7 Å². The number of nitrogens with zero attached hydrogens (tertiary/aromatic N) is 1. The Bertz CT molecular complexity index is 493. The Hall–Kier alpha value is -1.95. The maximum absolute atomic E-state index is 12.0. The average Bonchev–Trinajstić information content (AvgIpc) is 2.24. The standard InChI is InChI=1S/C14H17NO2/c1-10-8-11(2)14(13(9-10)17-5)12(16)6-7-15(3)4/h8-9H,1-5H3. The molecule has 0 bridgehead atoms. The molecule has 0 aliphatic heterocycles. The maximum Gasteiger partial charge on any atom is 0.241 e. The third kappa shape index (κ3) is 3.25. The lowest BCUT2D eigenvalue weighted by atomic mass is 10.0. The van der Waals surface area contributed by atoms with Gasteiger partial charge in [0.1, 0.15) is 5.75 Å². The van der Waals surface area contributed by atoms with Gasteiger partial charge in [0.15, 0.2) is 0 Å². The molecule has 0 spiro atoms. The van der Waals surface area contributed by atoms with Crippen LogP contribution in [0.3, 0.4) is 0 Å². The van der Waals surface area contributed by atoms with Crippen molar-refractivity contribution in [1.29, 1.82) is 0 Å². The number of hydrogen-bond acceptors (Lipinski definition) is 3. The third-order valence-electron chi connectivity index (χ3n) is 2.28. The van der Waals surface area contributed by atoms with Gasteiger partial charge < -0.3 is 9.64 Å². The molecule has 1 rings (SSSR count). The van der Waals surface area contributed by atoms with Crippen LogP contribution < -0.4 is 4.74 Å². The fraction of sp³-hybridized carbons (Fsp3) is 0.357. The highest BCUT2D eigenvalue weighted by Crippen LogP contribution is 2.24. The largest absolute Gasteiger partial charge is 0.496 e. The SMILES string of the molecule is COc1cc(C)cc(C)c1C(=O)C#CN(C)C. The van der Waals surface area contributed by atoms with Gasteiger partial charge in [-0.25, -0.2) is 0 Å². The molecule has 0 aromatic heterocycles. The first-order valence-corrected chi connectivity index (χ1v) is 5.34. The van der Waals surface area contributed by atoms with Crippen LogP contribution in [0.1, 0.15) is 21.5 Å². The summed E-state index contributed by atoms with van der Waals surface area (Å²) in [4.78, 5) is 13.6. The molecule has 90 valence electrons. The minimum absolute atomic E-state index is 0.215. The number of carbonyl (C=O) groups excluding carboxylic acids is 1. The van der Waals surface area contributed by atoms with Crippen LogP contribution in [0.25, 0.3) is 0 Å². The number of ketones is 1. The Kier molecular flexibility index (Phi) is 4.17. The molecule has 0 atom stereocenters. The highest BCUT2D eigenvalue weighted by Gasteiger charge is 2.14. The first-order valence-electron chi connectivity index (χ1n) is 5.34. The van der Waals surface area contributed by atoms with Gasteiger partial charge in [-0.2, -0.15) is 0 Å². The molecule has 3 heteroatoms. The molecule has 0 N–H and O–H groups in total. The Morgan fingerprint density at radius 2 is 1.94 bits per heavy atom. The third-order valence-corrected chi connectivity index (χ3v) is 2.28. The Balaban J connectivity index is 3.23. The number of aryl methyl sites for hydroxylation is 2. The molecule has 0 aliphatic rings. The molecule has 0 unspecified atom stereocenters. The monoisotopic (exact) mass is 231 g/mol. The summed E-state index contributed by atoms with van der Waals surface area (Å²) in [6.07, 6.45) is 0. The Morgan fingerprint density at radius 1 is 1.29 bits per heavy atom. The van der Waals surface area contributed by atoms with Crippen molar-refractivity contribution < 1.29 is 9.53 Å². The second-order valence-corrected chi connectivity index (χ2v) is 4.12. The van der Waals surface area contributed by atoms with Crippen LogP contribution in [-0.2, 0) is 0 Å². The van der Waals surface area contributed by atoms with Crippen molar-refractivity contribution in [3.8, 4) is 17.7 Å². The highest BCUT2D eigenvalue weighted by molar-refractivity contribution is 6.11. The van der Waals surface area contributed by atoms with E-state index in [1.54, 1.807) is 26.1 Å². The van der Waals surface area contributed by atoms with E-state index in [-0.39, 0.29) is 5.78 Å². The van der Waals surface area contributed by atoms with E-state index in [1.165, 1.54) is 0 Å². The van der Waals surface area contributed by atoms with E-state index >= 15 is 0 Å². The van der Waals surface area contributed by atoms with Gasteiger partial charge in [-0.05, 0) is 31.0 Å². The molecule has 0 heterocycles. The topological polar surface area (TPSA) is 29.5 Å². The lowest BCUT2D eigenvalue weighted by Gasteiger charge is -2.09. The molecule has 0 aliphatic carbocycles. The molecule has 3 nitrogen and oxygen atoms in total. The first-order chi connectivity index (χ1) is 7.95. The second kappa shape index (κ2) is 5.40. The van der Waals surface area contributed by atoms with Crippen LogP contribution >= 0.6 is 0 Å². The van der Waals surface area contributed by atoms with Crippen molar-refractivity contribution in [1.82, 2.24) is 4.90 Å². The van der Waals surface area contributed by atoms with E-state index in [1.807, 2.05) is 26.0 Å². The lowest BCUT2D eigenvalue weighted by molar-refractivity contribution is 0.105. The van der Waals surface area contributed by atoms with Gasteiger partial charge in [0, 0.05) is 26.1 Å². The summed E-state index contributed by atoms with van der Waals surface area (Å²) in [5.41, 5.74) is 2.50. The van der Waals surface area contributed by atoms with Crippen molar-refractivity contribution in [3.63, 3.8) is 0 Å². The fourth-order valence-corrected chi connectivity index (χ4v) is 1.61. The van der Waals surface area contributed by atoms with E-state index in [0.717, 1.165) is 11.1 Å². The normalized spacial score (nSPS) is 9.24. The highest BCUT2D eigenvalue weighted by atomic mass is 16.5. The summed E-state index contributed by atoms with van der Waals surface area (Å²) < 4.78 is 5.23. The quantitative estimate of drug-likeness (QED) is 0.443. The van der Waals surface area contributed by atoms with Crippen molar-refractivity contribution in [2.75, 3.05) is 21.2 Å². The van der Waals surface area contributed by atoms with E-state index in [0.29, 0.717) is 11.3 Å². The van der Waals surface area contributed by atoms with Gasteiger partial charge in [-0.3, -0.25) is 4.79 Å². The summed E-state index contributed by atoms with van der Waals surface area (Å²) in [5.74, 6) is 2.96. The minimum atomic E-state index is -0.215. The predicted molar refractivity (Wildman–Crippen MR) is 68.3 cm³/mol. The van der Waals surface area contributed by atoms with E-state index in [2.05, 4.69) is 12.0 Å². The number of methoxy groups -OCH3 is 1. The molecule has 0 radical (unpaired) electrons. The zero-order valence-electron chi connectivity index (χ0n) is 10.9. The Labute approximate surface area is 102 Å². The molecule has 0 fully saturated rings. The Morgan fingerprint density at radius 3 is 2.47 bits per heavy atom. The summed E-state index contributed by atoms with van der Waals surface area (Å²) >= 11 is 0. The second-order valence-electron chi connectivity index (χ2n) is 4.12. The number of hydrogen-bond donors (Lipinski definition) is 0. The molecule has 1 aromatic rings. The number of benzene rings is 1. The van der Waals surface area contributed by atoms with E-state index < -0.39 is 0 Å². The zero-order chi connectivity index (χ0) is 13.0. The van der Waals surface area contributed by atoms with Crippen LogP contribution in [0.5, 0.6) is 5.75 Å². The van der Waals surface area contributed by atoms with Gasteiger partial charge in [0.25, 0.3) is 0 Å². The number of Topliss-reactive ketones (excluding diaryl/α,β-unsaturated/α-hetero) is 1. The summed E-state index contributed by atoms with van der Waals surface area (Å²) in [6, 6.07) is 6.51. The fourth-order valence-electron chi connectivity index (χ4n) is 1.61. The number of rotatable bonds is 2.